The van der Waals surface area contributed by atoms with Crippen molar-refractivity contribution in [3.8, 4) is 11.1 Å². The number of alkyl halides is 3. The number of aryl methyl sites for hydroxylation is 1. The van der Waals surface area contributed by atoms with Crippen LogP contribution in [-0.4, -0.2) is 21.6 Å². The molecule has 4 aromatic rings. The van der Waals surface area contributed by atoms with E-state index in [1.165, 1.54) is 23.0 Å². The van der Waals surface area contributed by atoms with Crippen LogP contribution in [0.2, 0.25) is 5.02 Å². The summed E-state index contributed by atoms with van der Waals surface area (Å²) in [5.74, 6) is -4.00. The first-order valence-corrected chi connectivity index (χ1v) is 10.7. The fourth-order valence-corrected chi connectivity index (χ4v) is 4.76. The Bertz CT molecular complexity index is 1610. The van der Waals surface area contributed by atoms with Crippen LogP contribution < -0.4 is 11.1 Å². The van der Waals surface area contributed by atoms with Crippen LogP contribution in [0.5, 0.6) is 0 Å². The molecule has 1 aromatic heterocycles. The van der Waals surface area contributed by atoms with Crippen LogP contribution in [0.1, 0.15) is 43.4 Å². The molecule has 0 saturated carbocycles. The Morgan fingerprint density at radius 1 is 1.14 bits per heavy atom. The van der Waals surface area contributed by atoms with E-state index in [1.807, 2.05) is 0 Å². The molecule has 0 aliphatic carbocycles. The van der Waals surface area contributed by atoms with Gasteiger partial charge in [0.05, 0.1) is 28.2 Å². The molecule has 184 valence electrons. The summed E-state index contributed by atoms with van der Waals surface area (Å²) in [7, 11) is 1.58. The van der Waals surface area contributed by atoms with Gasteiger partial charge in [0.1, 0.15) is 11.6 Å². The standard InChI is InChI=1S/C24H14ClF5N4O2/c1-34-8-14-17(33-34)7-12(18-13(22(31)35)4-9(5-16(18)27)24(28,29)30)19-20(14)23(36)32-21(19)11-6-10(26)2-3-15(11)25/h2-8,21H,1H3,(H2,31,35)(H,32,36). The van der Waals surface area contributed by atoms with Gasteiger partial charge in [-0.3, -0.25) is 14.3 Å². The molecule has 12 heteroatoms. The molecule has 0 fully saturated rings. The maximum Gasteiger partial charge on any atom is 0.416 e. The van der Waals surface area contributed by atoms with Gasteiger partial charge in [-0.1, -0.05) is 11.6 Å². The number of benzene rings is 3. The first-order chi connectivity index (χ1) is 16.9. The summed E-state index contributed by atoms with van der Waals surface area (Å²) in [4.78, 5) is 25.3. The fraction of sp³-hybridized carbons (Fsp3) is 0.125. The predicted octanol–water partition coefficient (Wildman–Crippen LogP) is 5.12. The highest BCUT2D eigenvalue weighted by Gasteiger charge is 2.39. The van der Waals surface area contributed by atoms with Crippen LogP contribution in [0.25, 0.3) is 22.0 Å². The SMILES string of the molecule is Cn1cc2c3c(c(-c4c(F)cc(C(F)(F)F)cc4C(N)=O)cc2n1)C(c1cc(F)ccc1Cl)NC3=O. The largest absolute Gasteiger partial charge is 0.416 e. The van der Waals surface area contributed by atoms with Gasteiger partial charge >= 0.3 is 6.18 Å². The van der Waals surface area contributed by atoms with Gasteiger partial charge in [-0.25, -0.2) is 8.78 Å². The minimum Gasteiger partial charge on any atom is -0.366 e. The number of rotatable bonds is 3. The monoisotopic (exact) mass is 520 g/mol. The zero-order chi connectivity index (χ0) is 26.1. The Balaban J connectivity index is 1.91. The third-order valence-electron chi connectivity index (χ3n) is 5.98. The number of halogens is 6. The normalized spacial score (nSPS) is 15.3. The van der Waals surface area contributed by atoms with Crippen molar-refractivity contribution in [3.05, 3.63) is 87.1 Å². The maximum absolute atomic E-state index is 15.4. The fourth-order valence-electron chi connectivity index (χ4n) is 4.53. The molecule has 3 aromatic carbocycles. The Hall–Kier alpha value is -3.99. The first kappa shape index (κ1) is 23.7. The van der Waals surface area contributed by atoms with Gasteiger partial charge in [0.15, 0.2) is 0 Å². The number of carbonyl (C=O) groups is 2. The van der Waals surface area contributed by atoms with E-state index >= 15 is 4.39 Å². The van der Waals surface area contributed by atoms with E-state index in [9.17, 15) is 27.2 Å². The topological polar surface area (TPSA) is 90.0 Å². The molecule has 6 nitrogen and oxygen atoms in total. The molecule has 3 N–H and O–H groups in total. The van der Waals surface area contributed by atoms with Crippen molar-refractivity contribution < 1.29 is 31.5 Å². The van der Waals surface area contributed by atoms with Crippen molar-refractivity contribution >= 4 is 34.3 Å². The number of carbonyl (C=O) groups excluding carboxylic acids is 2. The third kappa shape index (κ3) is 3.67. The van der Waals surface area contributed by atoms with E-state index in [0.717, 1.165) is 12.1 Å². The lowest BCUT2D eigenvalue weighted by atomic mass is 9.86. The van der Waals surface area contributed by atoms with Gasteiger partial charge in [0.2, 0.25) is 5.91 Å². The number of nitrogens with zero attached hydrogens (tertiary/aromatic N) is 2. The number of aromatic nitrogens is 2. The van der Waals surface area contributed by atoms with Crippen LogP contribution in [0, 0.1) is 11.6 Å². The summed E-state index contributed by atoms with van der Waals surface area (Å²) in [6.07, 6.45) is -3.42. The van der Waals surface area contributed by atoms with Crippen molar-refractivity contribution in [1.82, 2.24) is 15.1 Å². The molecule has 2 heterocycles. The van der Waals surface area contributed by atoms with Crippen molar-refractivity contribution in [3.63, 3.8) is 0 Å². The minimum atomic E-state index is -4.95. The second kappa shape index (κ2) is 8.02. The number of fused-ring (bicyclic) bond motifs is 3. The number of hydrogen-bond acceptors (Lipinski definition) is 3. The van der Waals surface area contributed by atoms with Crippen molar-refractivity contribution in [2.24, 2.45) is 12.8 Å². The van der Waals surface area contributed by atoms with E-state index in [1.54, 1.807) is 7.05 Å². The van der Waals surface area contributed by atoms with E-state index in [4.69, 9.17) is 17.3 Å². The molecule has 1 atom stereocenters. The Labute approximate surface area is 204 Å². The van der Waals surface area contributed by atoms with Gasteiger partial charge in [0, 0.05) is 40.3 Å². The van der Waals surface area contributed by atoms with Crippen LogP contribution >= 0.6 is 11.6 Å². The zero-order valence-corrected chi connectivity index (χ0v) is 18.9. The Kier molecular flexibility index (Phi) is 5.29. The molecular weight excluding hydrogens is 507 g/mol. The van der Waals surface area contributed by atoms with E-state index in [-0.39, 0.29) is 38.9 Å². The lowest BCUT2D eigenvalue weighted by molar-refractivity contribution is -0.137. The highest BCUT2D eigenvalue weighted by Crippen LogP contribution is 2.46. The third-order valence-corrected chi connectivity index (χ3v) is 6.32. The van der Waals surface area contributed by atoms with Gasteiger partial charge in [0.25, 0.3) is 5.91 Å². The summed E-state index contributed by atoms with van der Waals surface area (Å²) in [6.45, 7) is 0. The lowest BCUT2D eigenvalue weighted by Crippen LogP contribution is -2.21. The summed E-state index contributed by atoms with van der Waals surface area (Å²) < 4.78 is 71.0. The van der Waals surface area contributed by atoms with Crippen molar-refractivity contribution in [1.29, 1.82) is 0 Å². The van der Waals surface area contributed by atoms with Gasteiger partial charge in [-0.2, -0.15) is 18.3 Å². The maximum atomic E-state index is 15.4. The van der Waals surface area contributed by atoms with Crippen LogP contribution in [0.15, 0.2) is 42.6 Å². The molecule has 36 heavy (non-hydrogen) atoms. The Morgan fingerprint density at radius 3 is 2.53 bits per heavy atom. The summed E-state index contributed by atoms with van der Waals surface area (Å²) in [6, 6.07) is 4.37. The number of hydrogen-bond donors (Lipinski definition) is 2. The molecule has 0 spiro atoms. The summed E-state index contributed by atoms with van der Waals surface area (Å²) >= 11 is 6.29. The summed E-state index contributed by atoms with van der Waals surface area (Å²) in [5.41, 5.74) is 3.02. The van der Waals surface area contributed by atoms with Crippen LogP contribution in [0.4, 0.5) is 22.0 Å². The van der Waals surface area contributed by atoms with Crippen LogP contribution in [0.3, 0.4) is 0 Å². The molecule has 1 unspecified atom stereocenters. The number of primary amides is 1. The van der Waals surface area contributed by atoms with Crippen LogP contribution in [-0.2, 0) is 13.2 Å². The Morgan fingerprint density at radius 2 is 1.86 bits per heavy atom. The average Bonchev–Trinajstić information content (AvgIpc) is 3.32. The quantitative estimate of drug-likeness (QED) is 0.367. The van der Waals surface area contributed by atoms with E-state index < -0.39 is 52.4 Å². The highest BCUT2D eigenvalue weighted by molar-refractivity contribution is 6.31. The molecule has 0 radical (unpaired) electrons. The lowest BCUT2D eigenvalue weighted by Gasteiger charge is -2.20. The van der Waals surface area contributed by atoms with Gasteiger partial charge in [-0.05, 0) is 42.0 Å². The van der Waals surface area contributed by atoms with Crippen molar-refractivity contribution in [2.45, 2.75) is 12.2 Å². The second-order valence-corrected chi connectivity index (χ2v) is 8.67. The molecular formula is C24H14ClF5N4O2. The van der Waals surface area contributed by atoms with Crippen molar-refractivity contribution in [2.75, 3.05) is 0 Å². The van der Waals surface area contributed by atoms with Gasteiger partial charge < -0.3 is 11.1 Å². The number of amides is 2. The van der Waals surface area contributed by atoms with E-state index in [2.05, 4.69) is 10.4 Å². The predicted molar refractivity (Wildman–Crippen MR) is 120 cm³/mol. The molecule has 0 saturated heterocycles. The summed E-state index contributed by atoms with van der Waals surface area (Å²) in [5, 5.41) is 7.34. The molecule has 2 amide bonds. The molecule has 1 aliphatic heterocycles. The smallest absolute Gasteiger partial charge is 0.366 e. The molecule has 0 bridgehead atoms. The first-order valence-electron chi connectivity index (χ1n) is 10.3. The second-order valence-electron chi connectivity index (χ2n) is 8.26. The molecule has 5 rings (SSSR count). The van der Waals surface area contributed by atoms with E-state index in [0.29, 0.717) is 11.5 Å². The number of nitrogens with two attached hydrogens (primary N) is 1. The zero-order valence-electron chi connectivity index (χ0n) is 18.2. The highest BCUT2D eigenvalue weighted by atomic mass is 35.5. The van der Waals surface area contributed by atoms with Gasteiger partial charge in [-0.15, -0.1) is 0 Å². The molecule has 1 aliphatic rings. The average molecular weight is 521 g/mol. The number of nitrogens with one attached hydrogen (secondary N) is 1. The minimum absolute atomic E-state index is 0.0376.